The zero-order valence-electron chi connectivity index (χ0n) is 11.2. The number of hydrogen-bond donors (Lipinski definition) is 1. The maximum Gasteiger partial charge on any atom is 0.244 e. The number of sulfonamides is 1. The topological polar surface area (TPSA) is 97.5 Å². The van der Waals surface area contributed by atoms with Gasteiger partial charge in [-0.3, -0.25) is 0 Å². The first kappa shape index (κ1) is 16.9. The van der Waals surface area contributed by atoms with E-state index in [1.807, 2.05) is 0 Å². The maximum atomic E-state index is 12.7. The van der Waals surface area contributed by atoms with Gasteiger partial charge >= 0.3 is 0 Å². The van der Waals surface area contributed by atoms with Crippen LogP contribution in [-0.2, 0) is 19.9 Å². The fraction of sp³-hybridized carbons (Fsp3) is 0.455. The number of sulfone groups is 1. The molecule has 0 radical (unpaired) electrons. The van der Waals surface area contributed by atoms with Gasteiger partial charge in [-0.25, -0.2) is 16.8 Å². The van der Waals surface area contributed by atoms with Crippen LogP contribution in [-0.4, -0.2) is 50.8 Å². The van der Waals surface area contributed by atoms with Crippen molar-refractivity contribution >= 4 is 48.9 Å². The Bertz CT molecular complexity index is 749. The summed E-state index contributed by atoms with van der Waals surface area (Å²) in [5.74, 6) is 0.773. The van der Waals surface area contributed by atoms with Crippen LogP contribution in [0.5, 0.6) is 0 Å². The predicted molar refractivity (Wildman–Crippen MR) is 85.7 cm³/mol. The lowest BCUT2D eigenvalue weighted by Crippen LogP contribution is -2.49. The van der Waals surface area contributed by atoms with E-state index >= 15 is 0 Å². The van der Waals surface area contributed by atoms with Crippen molar-refractivity contribution in [2.45, 2.75) is 10.3 Å². The lowest BCUT2D eigenvalue weighted by molar-refractivity contribution is 0.405. The van der Waals surface area contributed by atoms with E-state index in [0.717, 1.165) is 10.6 Å². The van der Waals surface area contributed by atoms with Crippen LogP contribution in [0.15, 0.2) is 23.1 Å². The van der Waals surface area contributed by atoms with Gasteiger partial charge in [0.2, 0.25) is 10.0 Å². The molecule has 0 spiro atoms. The minimum Gasteiger partial charge on any atom is -0.398 e. The molecular weight excluding hydrogens is 356 g/mol. The zero-order valence-corrected chi connectivity index (χ0v) is 14.4. The van der Waals surface area contributed by atoms with E-state index in [9.17, 15) is 16.8 Å². The number of nitrogens with two attached hydrogens (primary N) is 1. The van der Waals surface area contributed by atoms with E-state index in [2.05, 4.69) is 0 Å². The second-order valence-electron chi connectivity index (χ2n) is 4.66. The molecular formula is C11H15ClN2O4S3. The van der Waals surface area contributed by atoms with Crippen molar-refractivity contribution in [3.8, 4) is 0 Å². The average molecular weight is 371 g/mol. The summed E-state index contributed by atoms with van der Waals surface area (Å²) in [6, 6.07) is 3.97. The Balaban J connectivity index is 2.48. The van der Waals surface area contributed by atoms with E-state index < -0.39 is 25.2 Å². The highest BCUT2D eigenvalue weighted by molar-refractivity contribution is 8.01. The molecule has 2 N–H and O–H groups in total. The van der Waals surface area contributed by atoms with E-state index in [4.69, 9.17) is 17.3 Å². The first-order valence-corrected chi connectivity index (χ1v) is 10.9. The van der Waals surface area contributed by atoms with Crippen molar-refractivity contribution < 1.29 is 16.8 Å². The molecule has 1 aromatic rings. The van der Waals surface area contributed by atoms with Crippen molar-refractivity contribution in [3.05, 3.63) is 23.2 Å². The van der Waals surface area contributed by atoms with Gasteiger partial charge in [-0.05, 0) is 18.2 Å². The molecule has 1 fully saturated rings. The van der Waals surface area contributed by atoms with Crippen molar-refractivity contribution in [2.75, 3.05) is 30.0 Å². The summed E-state index contributed by atoms with van der Waals surface area (Å²) in [5.41, 5.74) is 5.84. The minimum atomic E-state index is -3.93. The number of nitrogens with zero attached hydrogens (tertiary/aromatic N) is 1. The largest absolute Gasteiger partial charge is 0.398 e. The lowest BCUT2D eigenvalue weighted by Gasteiger charge is -2.33. The first-order chi connectivity index (χ1) is 9.64. The lowest BCUT2D eigenvalue weighted by atomic mass is 10.3. The van der Waals surface area contributed by atoms with Crippen LogP contribution < -0.4 is 5.73 Å². The summed E-state index contributed by atoms with van der Waals surface area (Å²) in [5, 5.41) is -0.934. The number of halogens is 1. The van der Waals surface area contributed by atoms with Crippen LogP contribution in [0.4, 0.5) is 5.69 Å². The summed E-state index contributed by atoms with van der Waals surface area (Å²) < 4.78 is 50.0. The molecule has 0 bridgehead atoms. The Kier molecular flexibility index (Phi) is 4.79. The summed E-state index contributed by atoms with van der Waals surface area (Å²) in [7, 11) is -7.45. The van der Waals surface area contributed by atoms with Crippen molar-refractivity contribution in [1.82, 2.24) is 4.31 Å². The second-order valence-corrected chi connectivity index (χ2v) is 10.3. The third kappa shape index (κ3) is 3.48. The SMILES string of the molecule is CS(=O)(=O)C1CSCCN1S(=O)(=O)c1ccc(N)c(Cl)c1. The van der Waals surface area contributed by atoms with Crippen molar-refractivity contribution in [3.63, 3.8) is 0 Å². The predicted octanol–water partition coefficient (Wildman–Crippen LogP) is 1.03. The third-order valence-corrected chi connectivity index (χ3v) is 8.12. The summed E-state index contributed by atoms with van der Waals surface area (Å²) in [4.78, 5) is -0.0535. The van der Waals surface area contributed by atoms with Crippen molar-refractivity contribution in [2.24, 2.45) is 0 Å². The smallest absolute Gasteiger partial charge is 0.244 e. The van der Waals surface area contributed by atoms with Gasteiger partial charge in [-0.1, -0.05) is 11.6 Å². The molecule has 1 heterocycles. The van der Waals surface area contributed by atoms with Crippen LogP contribution in [0.3, 0.4) is 0 Å². The Morgan fingerprint density at radius 1 is 1.33 bits per heavy atom. The third-order valence-electron chi connectivity index (χ3n) is 3.11. The molecule has 0 amide bonds. The second kappa shape index (κ2) is 5.96. The molecule has 1 atom stereocenters. The van der Waals surface area contributed by atoms with Crippen LogP contribution >= 0.6 is 23.4 Å². The van der Waals surface area contributed by atoms with E-state index in [1.54, 1.807) is 0 Å². The van der Waals surface area contributed by atoms with Gasteiger partial charge in [0.15, 0.2) is 9.84 Å². The Hall–Kier alpha value is -0.480. The molecule has 10 heteroatoms. The van der Waals surface area contributed by atoms with Crippen LogP contribution in [0.1, 0.15) is 0 Å². The minimum absolute atomic E-state index is 0.0535. The van der Waals surface area contributed by atoms with Crippen molar-refractivity contribution in [1.29, 1.82) is 0 Å². The fourth-order valence-corrected chi connectivity index (χ4v) is 7.42. The monoisotopic (exact) mass is 370 g/mol. The van der Waals surface area contributed by atoms with Gasteiger partial charge < -0.3 is 5.73 Å². The highest BCUT2D eigenvalue weighted by Gasteiger charge is 2.39. The number of benzene rings is 1. The highest BCUT2D eigenvalue weighted by atomic mass is 35.5. The molecule has 118 valence electrons. The average Bonchev–Trinajstić information content (AvgIpc) is 2.41. The number of rotatable bonds is 3. The summed E-state index contributed by atoms with van der Waals surface area (Å²) in [6.07, 6.45) is 1.04. The van der Waals surface area contributed by atoms with E-state index in [0.29, 0.717) is 5.75 Å². The van der Waals surface area contributed by atoms with Crippen LogP contribution in [0, 0.1) is 0 Å². The van der Waals surface area contributed by atoms with Gasteiger partial charge in [0.05, 0.1) is 15.6 Å². The first-order valence-electron chi connectivity index (χ1n) is 5.97. The number of anilines is 1. The molecule has 1 saturated heterocycles. The zero-order chi connectivity index (χ0) is 15.8. The van der Waals surface area contributed by atoms with Gasteiger partial charge in [-0.2, -0.15) is 16.1 Å². The Morgan fingerprint density at radius 2 is 2.00 bits per heavy atom. The molecule has 1 aromatic carbocycles. The maximum absolute atomic E-state index is 12.7. The van der Waals surface area contributed by atoms with E-state index in [-0.39, 0.29) is 27.9 Å². The fourth-order valence-electron chi connectivity index (χ4n) is 1.98. The van der Waals surface area contributed by atoms with Gasteiger partial charge in [0.1, 0.15) is 5.37 Å². The highest BCUT2D eigenvalue weighted by Crippen LogP contribution is 2.29. The molecule has 0 saturated carbocycles. The molecule has 21 heavy (non-hydrogen) atoms. The van der Waals surface area contributed by atoms with Gasteiger partial charge in [0, 0.05) is 24.3 Å². The van der Waals surface area contributed by atoms with Gasteiger partial charge in [-0.15, -0.1) is 0 Å². The molecule has 0 aromatic heterocycles. The van der Waals surface area contributed by atoms with Gasteiger partial charge in [0.25, 0.3) is 0 Å². The molecule has 0 aliphatic carbocycles. The molecule has 1 unspecified atom stereocenters. The normalized spacial score (nSPS) is 21.3. The number of nitrogen functional groups attached to an aromatic ring is 1. The number of thioether (sulfide) groups is 1. The quantitative estimate of drug-likeness (QED) is 0.798. The number of hydrogen-bond acceptors (Lipinski definition) is 6. The molecule has 1 aliphatic heterocycles. The Labute approximate surface area is 133 Å². The molecule has 6 nitrogen and oxygen atoms in total. The molecule has 2 rings (SSSR count). The Morgan fingerprint density at radius 3 is 2.57 bits per heavy atom. The molecule has 1 aliphatic rings. The van der Waals surface area contributed by atoms with Crippen LogP contribution in [0.2, 0.25) is 5.02 Å². The van der Waals surface area contributed by atoms with Crippen LogP contribution in [0.25, 0.3) is 0 Å². The standard InChI is InChI=1S/C11H15ClN2O4S3/c1-20(15,16)11-7-19-5-4-14(11)21(17,18)8-2-3-10(13)9(12)6-8/h2-3,6,11H,4-5,7,13H2,1H3. The van der Waals surface area contributed by atoms with E-state index in [1.165, 1.54) is 30.0 Å². The summed E-state index contributed by atoms with van der Waals surface area (Å²) in [6.45, 7) is 0.146. The summed E-state index contributed by atoms with van der Waals surface area (Å²) >= 11 is 7.27.